The number of piperidine rings is 1. The second kappa shape index (κ2) is 12.3. The Balaban J connectivity index is 0.00000529. The van der Waals surface area contributed by atoms with Crippen molar-refractivity contribution in [3.63, 3.8) is 0 Å². The van der Waals surface area contributed by atoms with Gasteiger partial charge in [0.1, 0.15) is 0 Å². The summed E-state index contributed by atoms with van der Waals surface area (Å²) in [5, 5.41) is 6.09. The summed E-state index contributed by atoms with van der Waals surface area (Å²) in [4.78, 5) is 29.8. The Morgan fingerprint density at radius 3 is 2.54 bits per heavy atom. The van der Waals surface area contributed by atoms with Crippen LogP contribution in [0.5, 0.6) is 0 Å². The van der Waals surface area contributed by atoms with Gasteiger partial charge in [0.05, 0.1) is 12.5 Å². The van der Waals surface area contributed by atoms with E-state index >= 15 is 0 Å². The van der Waals surface area contributed by atoms with Crippen molar-refractivity contribution >= 4 is 41.8 Å². The Bertz CT molecular complexity index is 430. The predicted molar refractivity (Wildman–Crippen MR) is 106 cm³/mol. The molecule has 7 nitrogen and oxygen atoms in total. The average Bonchev–Trinajstić information content (AvgIpc) is 2.55. The van der Waals surface area contributed by atoms with E-state index in [0.29, 0.717) is 26.2 Å². The topological polar surface area (TPSA) is 83.0 Å². The van der Waals surface area contributed by atoms with Gasteiger partial charge in [-0.1, -0.05) is 13.8 Å². The van der Waals surface area contributed by atoms with Crippen LogP contribution in [-0.2, 0) is 14.3 Å². The van der Waals surface area contributed by atoms with Gasteiger partial charge in [-0.05, 0) is 19.8 Å². The lowest BCUT2D eigenvalue weighted by Gasteiger charge is -2.34. The van der Waals surface area contributed by atoms with E-state index in [1.165, 1.54) is 0 Å². The van der Waals surface area contributed by atoms with Crippen molar-refractivity contribution in [2.45, 2.75) is 33.6 Å². The van der Waals surface area contributed by atoms with Gasteiger partial charge in [-0.2, -0.15) is 0 Å². The molecule has 0 spiro atoms. The summed E-state index contributed by atoms with van der Waals surface area (Å²) in [5.74, 6) is 0.571. The first-order chi connectivity index (χ1) is 11.0. The number of nitrogens with zero attached hydrogens (tertiary/aromatic N) is 2. The molecular weight excluding hydrogens is 423 g/mol. The number of carbonyl (C=O) groups excluding carboxylic acids is 2. The van der Waals surface area contributed by atoms with Gasteiger partial charge >= 0.3 is 5.97 Å². The van der Waals surface area contributed by atoms with E-state index in [0.717, 1.165) is 25.3 Å². The quantitative estimate of drug-likeness (QED) is 0.208. The maximum absolute atomic E-state index is 11.9. The molecule has 8 heteroatoms. The van der Waals surface area contributed by atoms with Crippen molar-refractivity contribution < 1.29 is 14.3 Å². The molecule has 1 unspecified atom stereocenters. The monoisotopic (exact) mass is 454 g/mol. The number of halogens is 1. The molecule has 0 aromatic rings. The van der Waals surface area contributed by atoms with Crippen LogP contribution in [-0.4, -0.2) is 62.6 Å². The Morgan fingerprint density at radius 1 is 1.29 bits per heavy atom. The summed E-state index contributed by atoms with van der Waals surface area (Å²) in [6.07, 6.45) is 1.80. The van der Waals surface area contributed by atoms with E-state index < -0.39 is 0 Å². The number of aliphatic imine (C=N–C) groups is 1. The zero-order valence-corrected chi connectivity index (χ0v) is 17.5. The minimum absolute atomic E-state index is 0. The third-order valence-electron chi connectivity index (χ3n) is 3.78. The molecule has 140 valence electrons. The molecule has 1 aliphatic heterocycles. The molecular formula is C16H31IN4O3. The Hall–Kier alpha value is -1.06. The molecule has 0 radical (unpaired) electrons. The molecule has 0 aliphatic carbocycles. The van der Waals surface area contributed by atoms with E-state index in [1.807, 2.05) is 20.8 Å². The number of rotatable bonds is 6. The summed E-state index contributed by atoms with van der Waals surface area (Å²) in [6.45, 7) is 8.61. The summed E-state index contributed by atoms with van der Waals surface area (Å²) in [6, 6.07) is 0. The fourth-order valence-corrected chi connectivity index (χ4v) is 2.52. The van der Waals surface area contributed by atoms with Crippen molar-refractivity contribution in [1.82, 2.24) is 15.5 Å². The van der Waals surface area contributed by atoms with Gasteiger partial charge in [-0.25, -0.2) is 0 Å². The van der Waals surface area contributed by atoms with Crippen LogP contribution in [0.3, 0.4) is 0 Å². The van der Waals surface area contributed by atoms with Crippen LogP contribution < -0.4 is 10.6 Å². The molecule has 1 heterocycles. The molecule has 1 aliphatic rings. The van der Waals surface area contributed by atoms with Gasteiger partial charge < -0.3 is 20.3 Å². The van der Waals surface area contributed by atoms with Crippen LogP contribution in [0.15, 0.2) is 4.99 Å². The first-order valence-electron chi connectivity index (χ1n) is 8.39. The van der Waals surface area contributed by atoms with E-state index in [4.69, 9.17) is 4.74 Å². The predicted octanol–water partition coefficient (Wildman–Crippen LogP) is 1.23. The van der Waals surface area contributed by atoms with Gasteiger partial charge in [0, 0.05) is 39.1 Å². The lowest BCUT2D eigenvalue weighted by atomic mass is 9.98. The average molecular weight is 454 g/mol. The Labute approximate surface area is 162 Å². The fraction of sp³-hybridized carbons (Fsp3) is 0.812. The van der Waals surface area contributed by atoms with Gasteiger partial charge in [0.2, 0.25) is 5.91 Å². The second-order valence-electron chi connectivity index (χ2n) is 5.96. The molecule has 0 bridgehead atoms. The van der Waals surface area contributed by atoms with E-state index in [-0.39, 0.29) is 47.7 Å². The van der Waals surface area contributed by atoms with Crippen LogP contribution in [0.2, 0.25) is 0 Å². The molecule has 1 rings (SSSR count). The molecule has 1 amide bonds. The first-order valence-corrected chi connectivity index (χ1v) is 8.39. The standard InChI is InChI=1S/C16H30N4O3.HI/c1-5-23-15(22)13-7-6-10-20(11-13)16(17-4)19-9-8-18-14(21)12(2)3;/h12-13H,5-11H2,1-4H3,(H,17,19)(H,18,21);1H. The first kappa shape index (κ1) is 22.9. The van der Waals surface area contributed by atoms with Crippen LogP contribution >= 0.6 is 24.0 Å². The molecule has 2 N–H and O–H groups in total. The number of guanidine groups is 1. The maximum atomic E-state index is 11.9. The van der Waals surface area contributed by atoms with Crippen molar-refractivity contribution in [3.05, 3.63) is 0 Å². The molecule has 1 atom stereocenters. The zero-order chi connectivity index (χ0) is 17.2. The number of nitrogens with one attached hydrogen (secondary N) is 2. The number of esters is 1. The fourth-order valence-electron chi connectivity index (χ4n) is 2.52. The SMILES string of the molecule is CCOC(=O)C1CCCN(C(=NC)NCCNC(=O)C(C)C)C1.I. The van der Waals surface area contributed by atoms with E-state index in [2.05, 4.69) is 20.5 Å². The smallest absolute Gasteiger partial charge is 0.310 e. The third kappa shape index (κ3) is 7.67. The number of likely N-dealkylation sites (tertiary alicyclic amines) is 1. The van der Waals surface area contributed by atoms with Crippen LogP contribution in [0.4, 0.5) is 0 Å². The number of carbonyl (C=O) groups is 2. The van der Waals surface area contributed by atoms with Crippen molar-refractivity contribution in [2.24, 2.45) is 16.8 Å². The van der Waals surface area contributed by atoms with Gasteiger partial charge in [0.25, 0.3) is 0 Å². The molecule has 24 heavy (non-hydrogen) atoms. The number of amides is 1. The van der Waals surface area contributed by atoms with Gasteiger partial charge in [0.15, 0.2) is 5.96 Å². The van der Waals surface area contributed by atoms with Gasteiger partial charge in [-0.3, -0.25) is 14.6 Å². The molecule has 1 fully saturated rings. The Morgan fingerprint density at radius 2 is 1.96 bits per heavy atom. The number of ether oxygens (including phenoxy) is 1. The highest BCUT2D eigenvalue weighted by atomic mass is 127. The van der Waals surface area contributed by atoms with Crippen molar-refractivity contribution in [3.8, 4) is 0 Å². The summed E-state index contributed by atoms with van der Waals surface area (Å²) >= 11 is 0. The lowest BCUT2D eigenvalue weighted by molar-refractivity contribution is -0.149. The second-order valence-corrected chi connectivity index (χ2v) is 5.96. The van der Waals surface area contributed by atoms with Gasteiger partial charge in [-0.15, -0.1) is 24.0 Å². The highest BCUT2D eigenvalue weighted by Gasteiger charge is 2.28. The van der Waals surface area contributed by atoms with Crippen LogP contribution in [0, 0.1) is 11.8 Å². The van der Waals surface area contributed by atoms with E-state index in [9.17, 15) is 9.59 Å². The van der Waals surface area contributed by atoms with Crippen molar-refractivity contribution in [2.75, 3.05) is 39.8 Å². The lowest BCUT2D eigenvalue weighted by Crippen LogP contribution is -2.49. The van der Waals surface area contributed by atoms with Crippen LogP contribution in [0.1, 0.15) is 33.6 Å². The van der Waals surface area contributed by atoms with Crippen LogP contribution in [0.25, 0.3) is 0 Å². The minimum Gasteiger partial charge on any atom is -0.466 e. The highest BCUT2D eigenvalue weighted by Crippen LogP contribution is 2.17. The molecule has 0 aromatic carbocycles. The molecule has 0 saturated carbocycles. The number of hydrogen-bond acceptors (Lipinski definition) is 4. The summed E-state index contributed by atoms with van der Waals surface area (Å²) < 4.78 is 5.12. The largest absolute Gasteiger partial charge is 0.466 e. The molecule has 1 saturated heterocycles. The highest BCUT2D eigenvalue weighted by molar-refractivity contribution is 14.0. The zero-order valence-electron chi connectivity index (χ0n) is 15.1. The number of hydrogen-bond donors (Lipinski definition) is 2. The third-order valence-corrected chi connectivity index (χ3v) is 3.78. The normalized spacial score (nSPS) is 18.0. The molecule has 0 aromatic heterocycles. The summed E-state index contributed by atoms with van der Waals surface area (Å²) in [7, 11) is 1.73. The van der Waals surface area contributed by atoms with E-state index in [1.54, 1.807) is 7.05 Å². The Kier molecular flexibility index (Phi) is 11.8. The van der Waals surface area contributed by atoms with Crippen molar-refractivity contribution in [1.29, 1.82) is 0 Å². The minimum atomic E-state index is -0.128. The maximum Gasteiger partial charge on any atom is 0.310 e. The summed E-state index contributed by atoms with van der Waals surface area (Å²) in [5.41, 5.74) is 0.